The van der Waals surface area contributed by atoms with Gasteiger partial charge in [-0.25, -0.2) is 9.78 Å². The van der Waals surface area contributed by atoms with Crippen molar-refractivity contribution in [3.05, 3.63) is 69.6 Å². The fraction of sp³-hybridized carbons (Fsp3) is 0. The summed E-state index contributed by atoms with van der Waals surface area (Å²) in [7, 11) is 0. The van der Waals surface area contributed by atoms with Gasteiger partial charge in [0.25, 0.3) is 5.56 Å². The van der Waals surface area contributed by atoms with E-state index in [9.17, 15) is 14.7 Å². The predicted molar refractivity (Wildman–Crippen MR) is 90.7 cm³/mol. The second-order valence-corrected chi connectivity index (χ2v) is 5.72. The van der Waals surface area contributed by atoms with E-state index in [-0.39, 0.29) is 5.56 Å². The Morgan fingerprint density at radius 2 is 2.04 bits per heavy atom. The van der Waals surface area contributed by atoms with Crippen molar-refractivity contribution in [1.82, 2.24) is 14.4 Å². The molecule has 0 radical (unpaired) electrons. The van der Waals surface area contributed by atoms with E-state index >= 15 is 0 Å². The number of hydrogen-bond acceptors (Lipinski definition) is 3. The predicted octanol–water partition coefficient (Wildman–Crippen LogP) is 3.19. The van der Waals surface area contributed by atoms with Crippen LogP contribution in [0.5, 0.6) is 0 Å². The van der Waals surface area contributed by atoms with Gasteiger partial charge in [-0.15, -0.1) is 0 Å². The van der Waals surface area contributed by atoms with Gasteiger partial charge in [0, 0.05) is 16.8 Å². The van der Waals surface area contributed by atoms with Gasteiger partial charge in [-0.3, -0.25) is 9.20 Å². The molecule has 2 N–H and O–H groups in total. The molecule has 3 aromatic heterocycles. The Bertz CT molecular complexity index is 1180. The first-order valence-electron chi connectivity index (χ1n) is 7.08. The second-order valence-electron chi connectivity index (χ2n) is 5.28. The van der Waals surface area contributed by atoms with Crippen molar-refractivity contribution in [2.75, 3.05) is 0 Å². The van der Waals surface area contributed by atoms with Gasteiger partial charge >= 0.3 is 5.97 Å². The topological polar surface area (TPSA) is 87.5 Å². The summed E-state index contributed by atoms with van der Waals surface area (Å²) in [6.45, 7) is 0. The number of pyridine rings is 2. The molecule has 3 heterocycles. The molecule has 0 saturated carbocycles. The first-order chi connectivity index (χ1) is 11.5. The second kappa shape index (κ2) is 5.21. The Morgan fingerprint density at radius 3 is 2.83 bits per heavy atom. The van der Waals surface area contributed by atoms with Crippen LogP contribution in [0.3, 0.4) is 0 Å². The van der Waals surface area contributed by atoms with Crippen molar-refractivity contribution in [3.8, 4) is 11.4 Å². The monoisotopic (exact) mass is 339 g/mol. The Balaban J connectivity index is 2.09. The van der Waals surface area contributed by atoms with E-state index in [4.69, 9.17) is 11.6 Å². The third-order valence-corrected chi connectivity index (χ3v) is 4.04. The number of imidazole rings is 1. The molecule has 0 aliphatic rings. The fourth-order valence-electron chi connectivity index (χ4n) is 2.70. The molecule has 4 aromatic rings. The van der Waals surface area contributed by atoms with Gasteiger partial charge in [-0.1, -0.05) is 17.7 Å². The van der Waals surface area contributed by atoms with Gasteiger partial charge in [-0.05, 0) is 36.4 Å². The minimum Gasteiger partial charge on any atom is -0.477 e. The summed E-state index contributed by atoms with van der Waals surface area (Å²) in [4.78, 5) is 31.3. The minimum atomic E-state index is -1.28. The van der Waals surface area contributed by atoms with Gasteiger partial charge < -0.3 is 10.1 Å². The van der Waals surface area contributed by atoms with E-state index in [1.165, 1.54) is 16.7 Å². The Kier molecular flexibility index (Phi) is 3.14. The Hall–Kier alpha value is -3.12. The number of aromatic nitrogens is 3. The van der Waals surface area contributed by atoms with E-state index in [1.54, 1.807) is 36.4 Å². The molecule has 0 atom stereocenters. The van der Waals surface area contributed by atoms with E-state index in [0.717, 1.165) is 5.52 Å². The van der Waals surface area contributed by atoms with Crippen molar-refractivity contribution in [2.24, 2.45) is 0 Å². The van der Waals surface area contributed by atoms with Crippen molar-refractivity contribution < 1.29 is 9.90 Å². The Labute approximate surface area is 140 Å². The minimum absolute atomic E-state index is 0.313. The van der Waals surface area contributed by atoms with Crippen LogP contribution in [-0.2, 0) is 0 Å². The Morgan fingerprint density at radius 1 is 1.21 bits per heavy atom. The highest BCUT2D eigenvalue weighted by molar-refractivity contribution is 6.31. The molecule has 0 unspecified atom stereocenters. The summed E-state index contributed by atoms with van der Waals surface area (Å²) in [6, 6.07) is 11.8. The number of halogens is 1. The molecule has 1 aromatic carbocycles. The number of benzene rings is 1. The van der Waals surface area contributed by atoms with E-state index in [0.29, 0.717) is 27.4 Å². The SMILES string of the molecule is O=C(O)c1cc(-c2nc3ccc(Cl)cc3[nH]2)c2ccccn2c1=O. The molecule has 4 rings (SSSR count). The van der Waals surface area contributed by atoms with Crippen LogP contribution in [0.15, 0.2) is 53.5 Å². The molecule has 6 nitrogen and oxygen atoms in total. The number of aromatic carboxylic acids is 1. The van der Waals surface area contributed by atoms with E-state index in [2.05, 4.69) is 9.97 Å². The smallest absolute Gasteiger partial charge is 0.341 e. The summed E-state index contributed by atoms with van der Waals surface area (Å²) in [5.74, 6) is -0.808. The van der Waals surface area contributed by atoms with Crippen LogP contribution in [-0.4, -0.2) is 25.4 Å². The zero-order valence-corrected chi connectivity index (χ0v) is 12.9. The maximum atomic E-state index is 12.3. The maximum Gasteiger partial charge on any atom is 0.341 e. The number of fused-ring (bicyclic) bond motifs is 2. The molecule has 0 aliphatic heterocycles. The number of carboxylic acids is 1. The van der Waals surface area contributed by atoms with Crippen molar-refractivity contribution >= 4 is 34.1 Å². The fourth-order valence-corrected chi connectivity index (χ4v) is 2.87. The number of nitrogens with one attached hydrogen (secondary N) is 1. The lowest BCUT2D eigenvalue weighted by Crippen LogP contribution is -2.22. The van der Waals surface area contributed by atoms with Crippen molar-refractivity contribution in [2.45, 2.75) is 0 Å². The summed E-state index contributed by atoms with van der Waals surface area (Å²) in [5, 5.41) is 9.88. The lowest BCUT2D eigenvalue weighted by molar-refractivity contribution is 0.0695. The molecule has 7 heteroatoms. The number of hydrogen-bond donors (Lipinski definition) is 2. The standard InChI is InChI=1S/C17H10ClN3O3/c18-9-4-5-12-13(7-9)20-15(19-12)10-8-11(17(23)24)16(22)21-6-2-1-3-14(10)21/h1-8H,(H,19,20)(H,23,24). The number of nitrogens with zero attached hydrogens (tertiary/aromatic N) is 2. The van der Waals surface area contributed by atoms with Gasteiger partial charge in [-0.2, -0.15) is 0 Å². The van der Waals surface area contributed by atoms with Crippen LogP contribution < -0.4 is 5.56 Å². The number of rotatable bonds is 2. The summed E-state index contributed by atoms with van der Waals surface area (Å²) in [5.41, 5.74) is 1.63. The van der Waals surface area contributed by atoms with Gasteiger partial charge in [0.15, 0.2) is 0 Å². The van der Waals surface area contributed by atoms with E-state index in [1.807, 2.05) is 0 Å². The first kappa shape index (κ1) is 14.5. The van der Waals surface area contributed by atoms with Crippen LogP contribution in [0.1, 0.15) is 10.4 Å². The molecular weight excluding hydrogens is 330 g/mol. The first-order valence-corrected chi connectivity index (χ1v) is 7.46. The van der Waals surface area contributed by atoms with E-state index < -0.39 is 11.5 Å². The quantitative estimate of drug-likeness (QED) is 0.587. The summed E-state index contributed by atoms with van der Waals surface area (Å²) in [6.07, 6.45) is 1.53. The highest BCUT2D eigenvalue weighted by Crippen LogP contribution is 2.26. The number of aromatic amines is 1. The van der Waals surface area contributed by atoms with Gasteiger partial charge in [0.05, 0.1) is 16.6 Å². The molecule has 0 spiro atoms. The number of carbonyl (C=O) groups is 1. The number of carboxylic acid groups (broad SMARTS) is 1. The average Bonchev–Trinajstić information content (AvgIpc) is 2.98. The zero-order valence-electron chi connectivity index (χ0n) is 12.2. The summed E-state index contributed by atoms with van der Waals surface area (Å²) >= 11 is 5.99. The lowest BCUT2D eigenvalue weighted by Gasteiger charge is -2.07. The number of H-pyrrole nitrogens is 1. The molecule has 0 bridgehead atoms. The molecule has 0 saturated heterocycles. The maximum absolute atomic E-state index is 12.3. The average molecular weight is 340 g/mol. The molecular formula is C17H10ClN3O3. The lowest BCUT2D eigenvalue weighted by atomic mass is 10.1. The van der Waals surface area contributed by atoms with Crippen LogP contribution in [0.25, 0.3) is 27.9 Å². The van der Waals surface area contributed by atoms with Crippen molar-refractivity contribution in [3.63, 3.8) is 0 Å². The molecule has 0 amide bonds. The third kappa shape index (κ3) is 2.16. The molecule has 24 heavy (non-hydrogen) atoms. The van der Waals surface area contributed by atoms with Gasteiger partial charge in [0.1, 0.15) is 11.4 Å². The summed E-state index contributed by atoms with van der Waals surface area (Å²) < 4.78 is 1.30. The third-order valence-electron chi connectivity index (χ3n) is 3.80. The highest BCUT2D eigenvalue weighted by Gasteiger charge is 2.17. The van der Waals surface area contributed by atoms with Crippen LogP contribution in [0.2, 0.25) is 5.02 Å². The van der Waals surface area contributed by atoms with Gasteiger partial charge in [0.2, 0.25) is 0 Å². The normalized spacial score (nSPS) is 11.2. The largest absolute Gasteiger partial charge is 0.477 e. The van der Waals surface area contributed by atoms with Crippen LogP contribution in [0.4, 0.5) is 0 Å². The molecule has 118 valence electrons. The van der Waals surface area contributed by atoms with Crippen LogP contribution >= 0.6 is 11.6 Å². The molecule has 0 fully saturated rings. The van der Waals surface area contributed by atoms with Crippen LogP contribution in [0, 0.1) is 0 Å². The van der Waals surface area contributed by atoms with Crippen molar-refractivity contribution in [1.29, 1.82) is 0 Å². The molecule has 0 aliphatic carbocycles. The zero-order chi connectivity index (χ0) is 16.8. The highest BCUT2D eigenvalue weighted by atomic mass is 35.5.